The van der Waals surface area contributed by atoms with Gasteiger partial charge in [-0.25, -0.2) is 4.68 Å². The van der Waals surface area contributed by atoms with Crippen LogP contribution in [0.5, 0.6) is 0 Å². The van der Waals surface area contributed by atoms with Gasteiger partial charge >= 0.3 is 0 Å². The number of benzene rings is 3. The number of aliphatic hydroxyl groups excluding tert-OH is 1. The van der Waals surface area contributed by atoms with Gasteiger partial charge in [0.1, 0.15) is 17.7 Å². The Morgan fingerprint density at radius 3 is 2.00 bits per heavy atom. The third-order valence-electron chi connectivity index (χ3n) is 4.78. The number of para-hydroxylation sites is 1. The second kappa shape index (κ2) is 6.73. The van der Waals surface area contributed by atoms with Gasteiger partial charge in [-0.15, -0.1) is 5.10 Å². The molecular formula is C22H21N3O. The zero-order valence-electron chi connectivity index (χ0n) is 14.9. The SMILES string of the molecule is Cc1ccc([C@@H](O)[C@@H](c2ccc(C)cc2)n2nnc3ccccc32)cc1. The van der Waals surface area contributed by atoms with Crippen molar-refractivity contribution in [1.82, 2.24) is 15.0 Å². The standard InChI is InChI=1S/C22H21N3O/c1-15-7-11-17(12-8-15)21(22(26)18-13-9-16(2)10-14-18)25-20-6-4-3-5-19(20)23-24-25/h3-14,21-22,26H,1-2H3/t21-,22-/m1/s1. The first kappa shape index (κ1) is 16.5. The molecule has 0 radical (unpaired) electrons. The zero-order valence-corrected chi connectivity index (χ0v) is 14.9. The minimum Gasteiger partial charge on any atom is -0.386 e. The molecule has 0 bridgehead atoms. The van der Waals surface area contributed by atoms with Gasteiger partial charge in [0, 0.05) is 0 Å². The van der Waals surface area contributed by atoms with Gasteiger partial charge in [0.25, 0.3) is 0 Å². The van der Waals surface area contributed by atoms with Gasteiger partial charge in [-0.05, 0) is 37.1 Å². The Kier molecular flexibility index (Phi) is 4.27. The van der Waals surface area contributed by atoms with Crippen LogP contribution in [-0.2, 0) is 0 Å². The molecule has 4 nitrogen and oxygen atoms in total. The van der Waals surface area contributed by atoms with E-state index in [4.69, 9.17) is 0 Å². The first-order valence-electron chi connectivity index (χ1n) is 8.74. The van der Waals surface area contributed by atoms with E-state index in [0.717, 1.165) is 22.2 Å². The first-order valence-corrected chi connectivity index (χ1v) is 8.74. The van der Waals surface area contributed by atoms with Gasteiger partial charge < -0.3 is 5.11 Å². The molecule has 1 N–H and O–H groups in total. The van der Waals surface area contributed by atoms with Crippen molar-refractivity contribution in [2.75, 3.05) is 0 Å². The number of hydrogen-bond donors (Lipinski definition) is 1. The fourth-order valence-corrected chi connectivity index (χ4v) is 3.26. The first-order chi connectivity index (χ1) is 12.6. The second-order valence-corrected chi connectivity index (χ2v) is 6.73. The molecule has 1 heterocycles. The fourth-order valence-electron chi connectivity index (χ4n) is 3.26. The number of nitrogens with zero attached hydrogens (tertiary/aromatic N) is 3. The van der Waals surface area contributed by atoms with Gasteiger partial charge in [-0.3, -0.25) is 0 Å². The molecule has 0 aliphatic heterocycles. The van der Waals surface area contributed by atoms with Crippen molar-refractivity contribution in [3.8, 4) is 0 Å². The number of aromatic nitrogens is 3. The van der Waals surface area contributed by atoms with Crippen molar-refractivity contribution in [1.29, 1.82) is 0 Å². The predicted molar refractivity (Wildman–Crippen MR) is 103 cm³/mol. The Hall–Kier alpha value is -2.98. The Balaban J connectivity index is 1.86. The minimum atomic E-state index is -0.733. The van der Waals surface area contributed by atoms with E-state index in [0.29, 0.717) is 0 Å². The van der Waals surface area contributed by atoms with Crippen molar-refractivity contribution >= 4 is 11.0 Å². The molecule has 0 spiro atoms. The molecule has 0 fully saturated rings. The van der Waals surface area contributed by atoms with Gasteiger partial charge in [-0.2, -0.15) is 0 Å². The van der Waals surface area contributed by atoms with E-state index < -0.39 is 6.10 Å². The summed E-state index contributed by atoms with van der Waals surface area (Å²) in [5, 5.41) is 19.9. The van der Waals surface area contributed by atoms with E-state index in [-0.39, 0.29) is 6.04 Å². The lowest BCUT2D eigenvalue weighted by atomic mass is 9.94. The van der Waals surface area contributed by atoms with E-state index in [1.807, 2.05) is 72.3 Å². The molecule has 0 amide bonds. The monoisotopic (exact) mass is 343 g/mol. The fraction of sp³-hybridized carbons (Fsp3) is 0.182. The zero-order chi connectivity index (χ0) is 18.1. The molecule has 26 heavy (non-hydrogen) atoms. The molecule has 2 atom stereocenters. The molecule has 0 saturated heterocycles. The third kappa shape index (κ3) is 3.00. The highest BCUT2D eigenvalue weighted by Gasteiger charge is 2.27. The van der Waals surface area contributed by atoms with Crippen molar-refractivity contribution in [2.24, 2.45) is 0 Å². The predicted octanol–water partition coefficient (Wildman–Crippen LogP) is 4.37. The molecule has 0 aliphatic carbocycles. The van der Waals surface area contributed by atoms with E-state index in [9.17, 15) is 5.11 Å². The number of fused-ring (bicyclic) bond motifs is 1. The molecule has 130 valence electrons. The lowest BCUT2D eigenvalue weighted by molar-refractivity contribution is 0.126. The van der Waals surface area contributed by atoms with Crippen LogP contribution < -0.4 is 0 Å². The lowest BCUT2D eigenvalue weighted by Gasteiger charge is -2.25. The molecule has 1 aromatic heterocycles. The van der Waals surface area contributed by atoms with Crippen molar-refractivity contribution in [3.63, 3.8) is 0 Å². The van der Waals surface area contributed by atoms with Crippen LogP contribution in [0.4, 0.5) is 0 Å². The number of rotatable bonds is 4. The highest BCUT2D eigenvalue weighted by Crippen LogP contribution is 2.34. The molecular weight excluding hydrogens is 322 g/mol. The van der Waals surface area contributed by atoms with Gasteiger partial charge in [0.05, 0.1) is 5.52 Å². The quantitative estimate of drug-likeness (QED) is 0.598. The Morgan fingerprint density at radius 2 is 1.35 bits per heavy atom. The third-order valence-corrected chi connectivity index (χ3v) is 4.78. The Morgan fingerprint density at radius 1 is 0.769 bits per heavy atom. The average Bonchev–Trinajstić information content (AvgIpc) is 3.08. The van der Waals surface area contributed by atoms with E-state index in [1.165, 1.54) is 11.1 Å². The van der Waals surface area contributed by atoms with Crippen LogP contribution >= 0.6 is 0 Å². The maximum absolute atomic E-state index is 11.2. The highest BCUT2D eigenvalue weighted by molar-refractivity contribution is 5.74. The topological polar surface area (TPSA) is 50.9 Å². The van der Waals surface area contributed by atoms with Crippen molar-refractivity contribution in [3.05, 3.63) is 95.1 Å². The molecule has 4 rings (SSSR count). The smallest absolute Gasteiger partial charge is 0.113 e. The van der Waals surface area contributed by atoms with Gasteiger partial charge in [0.2, 0.25) is 0 Å². The van der Waals surface area contributed by atoms with Crippen LogP contribution in [0.1, 0.15) is 34.4 Å². The van der Waals surface area contributed by atoms with E-state index >= 15 is 0 Å². The summed E-state index contributed by atoms with van der Waals surface area (Å²) in [6.07, 6.45) is -0.733. The normalized spacial score (nSPS) is 13.7. The largest absolute Gasteiger partial charge is 0.386 e. The summed E-state index contributed by atoms with van der Waals surface area (Å²) in [5.74, 6) is 0. The van der Waals surface area contributed by atoms with Gasteiger partial charge in [-0.1, -0.05) is 77.0 Å². The van der Waals surface area contributed by atoms with Crippen molar-refractivity contribution in [2.45, 2.75) is 26.0 Å². The summed E-state index contributed by atoms with van der Waals surface area (Å²) in [7, 11) is 0. The van der Waals surface area contributed by atoms with Crippen LogP contribution in [0.3, 0.4) is 0 Å². The van der Waals surface area contributed by atoms with E-state index in [2.05, 4.69) is 29.4 Å². The summed E-state index contributed by atoms with van der Waals surface area (Å²) >= 11 is 0. The summed E-state index contributed by atoms with van der Waals surface area (Å²) in [6.45, 7) is 4.10. The lowest BCUT2D eigenvalue weighted by Crippen LogP contribution is -2.20. The minimum absolute atomic E-state index is 0.356. The summed E-state index contributed by atoms with van der Waals surface area (Å²) in [4.78, 5) is 0. The molecule has 0 aliphatic rings. The van der Waals surface area contributed by atoms with Crippen LogP contribution in [0, 0.1) is 13.8 Å². The molecule has 0 unspecified atom stereocenters. The van der Waals surface area contributed by atoms with Crippen LogP contribution in [0.15, 0.2) is 72.8 Å². The van der Waals surface area contributed by atoms with Crippen LogP contribution in [0.25, 0.3) is 11.0 Å². The van der Waals surface area contributed by atoms with Crippen LogP contribution in [0.2, 0.25) is 0 Å². The summed E-state index contributed by atoms with van der Waals surface area (Å²) in [6, 6.07) is 23.7. The number of aliphatic hydroxyl groups is 1. The maximum atomic E-state index is 11.2. The molecule has 0 saturated carbocycles. The van der Waals surface area contributed by atoms with E-state index in [1.54, 1.807) is 0 Å². The second-order valence-electron chi connectivity index (χ2n) is 6.73. The maximum Gasteiger partial charge on any atom is 0.113 e. The number of hydrogen-bond acceptors (Lipinski definition) is 3. The Labute approximate surface area is 152 Å². The van der Waals surface area contributed by atoms with Crippen molar-refractivity contribution < 1.29 is 5.11 Å². The molecule has 4 heteroatoms. The Bertz CT molecular complexity index is 1020. The van der Waals surface area contributed by atoms with Crippen LogP contribution in [-0.4, -0.2) is 20.1 Å². The highest BCUT2D eigenvalue weighted by atomic mass is 16.3. The summed E-state index contributed by atoms with van der Waals surface area (Å²) in [5.41, 5.74) is 5.94. The molecule has 4 aromatic rings. The van der Waals surface area contributed by atoms with Gasteiger partial charge in [0.15, 0.2) is 0 Å². The molecule has 3 aromatic carbocycles. The summed E-state index contributed by atoms with van der Waals surface area (Å²) < 4.78 is 1.82. The number of aryl methyl sites for hydroxylation is 2. The average molecular weight is 343 g/mol.